The predicted octanol–water partition coefficient (Wildman–Crippen LogP) is 4.86. The van der Waals surface area contributed by atoms with E-state index in [1.165, 1.54) is 12.0 Å². The smallest absolute Gasteiger partial charge is 0.293 e. The molecule has 7 atom stereocenters. The summed E-state index contributed by atoms with van der Waals surface area (Å²) in [6.45, 7) is 9.45. The molecule has 0 aromatic heterocycles. The van der Waals surface area contributed by atoms with Crippen LogP contribution in [0, 0.1) is 34.5 Å². The Bertz CT molecular complexity index is 650. The Balaban J connectivity index is 1.72. The molecule has 0 bridgehead atoms. The highest BCUT2D eigenvalue weighted by molar-refractivity contribution is 5.91. The molecule has 0 aromatic carbocycles. The summed E-state index contributed by atoms with van der Waals surface area (Å²) in [6.07, 6.45) is 12.4. The number of rotatable bonds is 4. The first-order valence-corrected chi connectivity index (χ1v) is 10.4. The minimum atomic E-state index is 0.0769. The van der Waals surface area contributed by atoms with Crippen molar-refractivity contribution >= 4 is 12.3 Å². The Hall–Kier alpha value is -1.38. The van der Waals surface area contributed by atoms with Crippen LogP contribution in [0.25, 0.3) is 0 Å². The molecule has 3 heteroatoms. The van der Waals surface area contributed by atoms with Gasteiger partial charge in [0.25, 0.3) is 6.47 Å². The lowest BCUT2D eigenvalue weighted by molar-refractivity contribution is -0.147. The number of hydrogen-bond acceptors (Lipinski definition) is 3. The predicted molar refractivity (Wildman–Crippen MR) is 101 cm³/mol. The molecule has 0 amide bonds. The Kier molecular flexibility index (Phi) is 4.40. The second kappa shape index (κ2) is 6.35. The summed E-state index contributed by atoms with van der Waals surface area (Å²) in [7, 11) is 0. The van der Waals surface area contributed by atoms with Crippen LogP contribution in [0.1, 0.15) is 65.2 Å². The SMILES string of the molecule is C=CCC1CC2=CC(=O)CCC2(C)C2CCC3(C)C(OC=O)CCC3C12. The molecule has 26 heavy (non-hydrogen) atoms. The van der Waals surface area contributed by atoms with E-state index in [0.29, 0.717) is 42.3 Å². The van der Waals surface area contributed by atoms with Crippen LogP contribution in [-0.4, -0.2) is 18.4 Å². The number of carbonyl (C=O) groups excluding carboxylic acids is 2. The van der Waals surface area contributed by atoms with Crippen LogP contribution in [0.2, 0.25) is 0 Å². The lowest BCUT2D eigenvalue weighted by Crippen LogP contribution is -2.54. The number of carbonyl (C=O) groups is 2. The average Bonchev–Trinajstić information content (AvgIpc) is 2.94. The van der Waals surface area contributed by atoms with Gasteiger partial charge < -0.3 is 4.74 Å². The zero-order valence-electron chi connectivity index (χ0n) is 16.2. The van der Waals surface area contributed by atoms with Crippen molar-refractivity contribution in [1.82, 2.24) is 0 Å². The van der Waals surface area contributed by atoms with E-state index in [0.717, 1.165) is 38.5 Å². The summed E-state index contributed by atoms with van der Waals surface area (Å²) < 4.78 is 5.54. The highest BCUT2D eigenvalue weighted by atomic mass is 16.5. The van der Waals surface area contributed by atoms with Gasteiger partial charge in [0.15, 0.2) is 5.78 Å². The third-order valence-electron chi connectivity index (χ3n) is 8.74. The average molecular weight is 357 g/mol. The van der Waals surface area contributed by atoms with Crippen molar-refractivity contribution in [2.45, 2.75) is 71.3 Å². The van der Waals surface area contributed by atoms with E-state index in [-0.39, 0.29) is 16.9 Å². The summed E-state index contributed by atoms with van der Waals surface area (Å²) in [5, 5.41) is 0. The molecule has 0 N–H and O–H groups in total. The fourth-order valence-electron chi connectivity index (χ4n) is 7.40. The van der Waals surface area contributed by atoms with Gasteiger partial charge >= 0.3 is 0 Å². The molecule has 7 unspecified atom stereocenters. The van der Waals surface area contributed by atoms with Crippen molar-refractivity contribution in [1.29, 1.82) is 0 Å². The monoisotopic (exact) mass is 356 g/mol. The van der Waals surface area contributed by atoms with E-state index in [2.05, 4.69) is 26.5 Å². The van der Waals surface area contributed by atoms with Crippen LogP contribution in [0.5, 0.6) is 0 Å². The second-order valence-electron chi connectivity index (χ2n) is 9.68. The standard InChI is InChI=1S/C23H32O3/c1-4-5-15-12-16-13-17(25)8-10-22(16,2)19-9-11-23(3)18(21(15)19)6-7-20(23)26-14-24/h4,13-15,18-21H,1,5-12H2,2-3H3. The Labute approximate surface area is 157 Å². The van der Waals surface area contributed by atoms with Gasteiger partial charge in [-0.2, -0.15) is 0 Å². The maximum Gasteiger partial charge on any atom is 0.293 e. The van der Waals surface area contributed by atoms with Crippen LogP contribution in [0.3, 0.4) is 0 Å². The number of fused-ring (bicyclic) bond motifs is 5. The number of ketones is 1. The number of hydrogen-bond donors (Lipinski definition) is 0. The molecule has 0 spiro atoms. The van der Waals surface area contributed by atoms with Gasteiger partial charge in [-0.3, -0.25) is 9.59 Å². The highest BCUT2D eigenvalue weighted by Gasteiger charge is 2.61. The van der Waals surface area contributed by atoms with Gasteiger partial charge in [-0.05, 0) is 80.1 Å². The Morgan fingerprint density at radius 1 is 1.23 bits per heavy atom. The molecule has 142 valence electrons. The topological polar surface area (TPSA) is 43.4 Å². The zero-order valence-corrected chi connectivity index (χ0v) is 16.2. The second-order valence-corrected chi connectivity index (χ2v) is 9.68. The first-order chi connectivity index (χ1) is 12.4. The highest BCUT2D eigenvalue weighted by Crippen LogP contribution is 2.67. The fourth-order valence-corrected chi connectivity index (χ4v) is 7.40. The lowest BCUT2D eigenvalue weighted by atomic mass is 9.44. The molecule has 4 aliphatic carbocycles. The summed E-state index contributed by atoms with van der Waals surface area (Å²) in [4.78, 5) is 23.1. The minimum absolute atomic E-state index is 0.0769. The van der Waals surface area contributed by atoms with Gasteiger partial charge in [0.05, 0.1) is 0 Å². The minimum Gasteiger partial charge on any atom is -0.464 e. The third-order valence-corrected chi connectivity index (χ3v) is 8.74. The van der Waals surface area contributed by atoms with Crippen molar-refractivity contribution in [3.05, 3.63) is 24.3 Å². The van der Waals surface area contributed by atoms with Crippen LogP contribution >= 0.6 is 0 Å². The van der Waals surface area contributed by atoms with Crippen molar-refractivity contribution in [2.24, 2.45) is 34.5 Å². The van der Waals surface area contributed by atoms with E-state index in [1.807, 2.05) is 6.08 Å². The van der Waals surface area contributed by atoms with Gasteiger partial charge in [0, 0.05) is 11.8 Å². The maximum absolute atomic E-state index is 12.1. The van der Waals surface area contributed by atoms with Gasteiger partial charge in [0.2, 0.25) is 0 Å². The quantitative estimate of drug-likeness (QED) is 0.533. The normalized spacial score (nSPS) is 47.2. The van der Waals surface area contributed by atoms with E-state index < -0.39 is 0 Å². The van der Waals surface area contributed by atoms with E-state index in [1.54, 1.807) is 0 Å². The Morgan fingerprint density at radius 3 is 2.77 bits per heavy atom. The first kappa shape index (κ1) is 18.0. The fraction of sp³-hybridized carbons (Fsp3) is 0.739. The molecule has 4 rings (SSSR count). The van der Waals surface area contributed by atoms with Gasteiger partial charge in [0.1, 0.15) is 6.10 Å². The molecule has 0 aliphatic heterocycles. The van der Waals surface area contributed by atoms with E-state index in [4.69, 9.17) is 4.74 Å². The van der Waals surface area contributed by atoms with Crippen LogP contribution in [-0.2, 0) is 14.3 Å². The summed E-state index contributed by atoms with van der Waals surface area (Å²) in [5.74, 6) is 2.81. The largest absolute Gasteiger partial charge is 0.464 e. The molecular weight excluding hydrogens is 324 g/mol. The first-order valence-electron chi connectivity index (χ1n) is 10.4. The molecule has 3 nitrogen and oxygen atoms in total. The Morgan fingerprint density at radius 2 is 2.04 bits per heavy atom. The summed E-state index contributed by atoms with van der Waals surface area (Å²) in [6, 6.07) is 0. The van der Waals surface area contributed by atoms with Crippen molar-refractivity contribution in [3.63, 3.8) is 0 Å². The third kappa shape index (κ3) is 2.46. The summed E-state index contributed by atoms with van der Waals surface area (Å²) in [5.41, 5.74) is 1.70. The van der Waals surface area contributed by atoms with Crippen molar-refractivity contribution < 1.29 is 14.3 Å². The molecule has 3 saturated carbocycles. The number of allylic oxidation sites excluding steroid dienone is 2. The van der Waals surface area contributed by atoms with E-state index >= 15 is 0 Å². The van der Waals surface area contributed by atoms with Crippen LogP contribution in [0.15, 0.2) is 24.3 Å². The molecule has 0 aromatic rings. The summed E-state index contributed by atoms with van der Waals surface area (Å²) >= 11 is 0. The lowest BCUT2D eigenvalue weighted by Gasteiger charge is -2.60. The van der Waals surface area contributed by atoms with Gasteiger partial charge in [-0.25, -0.2) is 0 Å². The molecule has 0 saturated heterocycles. The molecule has 4 aliphatic rings. The molecular formula is C23H32O3. The molecule has 0 radical (unpaired) electrons. The number of ether oxygens (including phenoxy) is 1. The maximum atomic E-state index is 12.1. The van der Waals surface area contributed by atoms with Gasteiger partial charge in [-0.15, -0.1) is 6.58 Å². The van der Waals surface area contributed by atoms with Crippen LogP contribution < -0.4 is 0 Å². The zero-order chi connectivity index (χ0) is 18.5. The van der Waals surface area contributed by atoms with Crippen LogP contribution in [0.4, 0.5) is 0 Å². The van der Waals surface area contributed by atoms with Crippen molar-refractivity contribution in [3.8, 4) is 0 Å². The molecule has 3 fully saturated rings. The molecule has 0 heterocycles. The van der Waals surface area contributed by atoms with Gasteiger partial charge in [-0.1, -0.05) is 25.5 Å². The van der Waals surface area contributed by atoms with E-state index in [9.17, 15) is 9.59 Å². The van der Waals surface area contributed by atoms with Crippen molar-refractivity contribution in [2.75, 3.05) is 0 Å².